The van der Waals surface area contributed by atoms with E-state index in [4.69, 9.17) is 9.15 Å². The lowest BCUT2D eigenvalue weighted by molar-refractivity contribution is -0.133. The van der Waals surface area contributed by atoms with Crippen molar-refractivity contribution in [3.05, 3.63) is 64.9 Å². The number of nitrogens with zero attached hydrogens (tertiary/aromatic N) is 2. The van der Waals surface area contributed by atoms with Crippen molar-refractivity contribution in [2.45, 2.75) is 13.0 Å². The van der Waals surface area contributed by atoms with Gasteiger partial charge in [0.1, 0.15) is 24.2 Å². The summed E-state index contributed by atoms with van der Waals surface area (Å²) in [6.45, 7) is 2.23. The molecular weight excluding hydrogens is 339 g/mol. The smallest absolute Gasteiger partial charge is 0.420 e. The Balaban J connectivity index is 1.64. The topological polar surface area (TPSA) is 64.7 Å². The molecule has 0 saturated heterocycles. The first kappa shape index (κ1) is 17.7. The van der Waals surface area contributed by atoms with Crippen LogP contribution in [0.1, 0.15) is 13.0 Å². The Morgan fingerprint density at radius 3 is 2.65 bits per heavy atom. The first-order valence-corrected chi connectivity index (χ1v) is 8.21. The number of carbonyl (C=O) groups is 1. The predicted molar refractivity (Wildman–Crippen MR) is 94.7 cm³/mol. The van der Waals surface area contributed by atoms with Gasteiger partial charge >= 0.3 is 5.76 Å². The SMILES string of the molecule is CC(C(=O)N(C)CCOc1ccc(F)cc1)n1c(=O)oc2ccccc21. The molecule has 2 aromatic carbocycles. The molecule has 3 rings (SSSR count). The van der Waals surface area contributed by atoms with Gasteiger partial charge in [-0.05, 0) is 43.3 Å². The third kappa shape index (κ3) is 3.61. The number of ether oxygens (including phenoxy) is 1. The molecule has 0 bridgehead atoms. The second-order valence-corrected chi connectivity index (χ2v) is 5.94. The number of oxazole rings is 1. The number of hydrogen-bond acceptors (Lipinski definition) is 4. The molecule has 1 atom stereocenters. The van der Waals surface area contributed by atoms with E-state index in [1.807, 2.05) is 0 Å². The van der Waals surface area contributed by atoms with Crippen LogP contribution in [0.25, 0.3) is 11.1 Å². The quantitative estimate of drug-likeness (QED) is 0.680. The van der Waals surface area contributed by atoms with Crippen LogP contribution in [0.2, 0.25) is 0 Å². The van der Waals surface area contributed by atoms with Crippen molar-refractivity contribution < 1.29 is 18.3 Å². The second-order valence-electron chi connectivity index (χ2n) is 5.94. The Morgan fingerprint density at radius 2 is 1.92 bits per heavy atom. The normalized spacial score (nSPS) is 12.1. The molecule has 0 N–H and O–H groups in total. The Labute approximate surface area is 149 Å². The fraction of sp³-hybridized carbons (Fsp3) is 0.263. The second kappa shape index (κ2) is 7.43. The molecule has 3 aromatic rings. The Kier molecular flexibility index (Phi) is 5.06. The third-order valence-corrected chi connectivity index (χ3v) is 4.15. The Bertz CT molecular complexity index is 962. The minimum absolute atomic E-state index is 0.235. The van der Waals surface area contributed by atoms with E-state index < -0.39 is 11.8 Å². The summed E-state index contributed by atoms with van der Waals surface area (Å²) in [4.78, 5) is 26.2. The molecule has 6 nitrogen and oxygen atoms in total. The van der Waals surface area contributed by atoms with Crippen molar-refractivity contribution in [3.8, 4) is 5.75 Å². The molecule has 1 unspecified atom stereocenters. The number of likely N-dealkylation sites (N-methyl/N-ethyl adjacent to an activating group) is 1. The minimum Gasteiger partial charge on any atom is -0.492 e. The lowest BCUT2D eigenvalue weighted by Crippen LogP contribution is -2.38. The number of aromatic nitrogens is 1. The zero-order valence-corrected chi connectivity index (χ0v) is 14.5. The maximum absolute atomic E-state index is 12.9. The summed E-state index contributed by atoms with van der Waals surface area (Å²) in [6.07, 6.45) is 0. The van der Waals surface area contributed by atoms with Gasteiger partial charge in [0.25, 0.3) is 0 Å². The summed E-state index contributed by atoms with van der Waals surface area (Å²) in [6, 6.07) is 11.9. The van der Waals surface area contributed by atoms with Gasteiger partial charge in [-0.2, -0.15) is 0 Å². The highest BCUT2D eigenvalue weighted by molar-refractivity contribution is 5.82. The van der Waals surface area contributed by atoms with E-state index in [1.54, 1.807) is 38.2 Å². The maximum atomic E-state index is 12.9. The van der Waals surface area contributed by atoms with Crippen LogP contribution in [0, 0.1) is 5.82 Å². The van der Waals surface area contributed by atoms with Gasteiger partial charge in [-0.15, -0.1) is 0 Å². The van der Waals surface area contributed by atoms with Gasteiger partial charge in [-0.25, -0.2) is 9.18 Å². The number of amides is 1. The van der Waals surface area contributed by atoms with E-state index >= 15 is 0 Å². The van der Waals surface area contributed by atoms with Crippen molar-refractivity contribution in [2.24, 2.45) is 0 Å². The van der Waals surface area contributed by atoms with Crippen LogP contribution < -0.4 is 10.5 Å². The van der Waals surface area contributed by atoms with Gasteiger partial charge < -0.3 is 14.1 Å². The van der Waals surface area contributed by atoms with Gasteiger partial charge in [0.2, 0.25) is 5.91 Å². The number of rotatable bonds is 6. The monoisotopic (exact) mass is 358 g/mol. The molecule has 136 valence electrons. The summed E-state index contributed by atoms with van der Waals surface area (Å²) in [5, 5.41) is 0. The summed E-state index contributed by atoms with van der Waals surface area (Å²) < 4.78 is 24.9. The highest BCUT2D eigenvalue weighted by Gasteiger charge is 2.23. The molecule has 0 spiro atoms. The first-order chi connectivity index (χ1) is 12.5. The first-order valence-electron chi connectivity index (χ1n) is 8.21. The lowest BCUT2D eigenvalue weighted by Gasteiger charge is -2.22. The number of benzene rings is 2. The molecule has 26 heavy (non-hydrogen) atoms. The van der Waals surface area contributed by atoms with E-state index in [9.17, 15) is 14.0 Å². The van der Waals surface area contributed by atoms with Crippen LogP contribution >= 0.6 is 0 Å². The van der Waals surface area contributed by atoms with Crippen LogP contribution in [-0.4, -0.2) is 35.6 Å². The van der Waals surface area contributed by atoms with Crippen LogP contribution in [0.15, 0.2) is 57.7 Å². The van der Waals surface area contributed by atoms with Crippen molar-refractivity contribution in [2.75, 3.05) is 20.2 Å². The fourth-order valence-corrected chi connectivity index (χ4v) is 2.72. The van der Waals surface area contributed by atoms with Gasteiger partial charge in [0, 0.05) is 7.05 Å². The molecule has 7 heteroatoms. The molecule has 0 saturated carbocycles. The van der Waals surface area contributed by atoms with Crippen molar-refractivity contribution in [3.63, 3.8) is 0 Å². The van der Waals surface area contributed by atoms with Crippen molar-refractivity contribution >= 4 is 17.0 Å². The zero-order chi connectivity index (χ0) is 18.7. The molecule has 1 aromatic heterocycles. The van der Waals surface area contributed by atoms with Crippen LogP contribution in [-0.2, 0) is 4.79 Å². The van der Waals surface area contributed by atoms with Gasteiger partial charge in [0.15, 0.2) is 5.58 Å². The molecular formula is C19H19FN2O4. The number of carbonyl (C=O) groups excluding carboxylic acids is 1. The largest absolute Gasteiger partial charge is 0.492 e. The highest BCUT2D eigenvalue weighted by atomic mass is 19.1. The molecule has 0 aliphatic rings. The summed E-state index contributed by atoms with van der Waals surface area (Å²) in [5.41, 5.74) is 1.02. The summed E-state index contributed by atoms with van der Waals surface area (Å²) >= 11 is 0. The molecule has 0 aliphatic heterocycles. The molecule has 0 fully saturated rings. The summed E-state index contributed by atoms with van der Waals surface area (Å²) in [5.74, 6) is -0.613. The fourth-order valence-electron chi connectivity index (χ4n) is 2.72. The molecule has 0 aliphatic carbocycles. The van der Waals surface area contributed by atoms with Gasteiger partial charge in [-0.1, -0.05) is 12.1 Å². The zero-order valence-electron chi connectivity index (χ0n) is 14.5. The standard InChI is InChI=1S/C19H19FN2O4/c1-13(22-16-5-3-4-6-17(16)26-19(22)24)18(23)21(2)11-12-25-15-9-7-14(20)8-10-15/h3-10,13H,11-12H2,1-2H3. The van der Waals surface area contributed by atoms with E-state index in [2.05, 4.69) is 0 Å². The Hall–Kier alpha value is -3.09. The van der Waals surface area contributed by atoms with Crippen LogP contribution in [0.3, 0.4) is 0 Å². The van der Waals surface area contributed by atoms with E-state index in [1.165, 1.54) is 33.7 Å². The molecule has 1 heterocycles. The lowest BCUT2D eigenvalue weighted by atomic mass is 10.2. The number of para-hydroxylation sites is 2. The van der Waals surface area contributed by atoms with Crippen LogP contribution in [0.4, 0.5) is 4.39 Å². The minimum atomic E-state index is -0.707. The van der Waals surface area contributed by atoms with Gasteiger partial charge in [-0.3, -0.25) is 9.36 Å². The highest BCUT2D eigenvalue weighted by Crippen LogP contribution is 2.18. The van der Waals surface area contributed by atoms with E-state index in [-0.39, 0.29) is 18.3 Å². The van der Waals surface area contributed by atoms with E-state index in [0.717, 1.165) is 0 Å². The summed E-state index contributed by atoms with van der Waals surface area (Å²) in [7, 11) is 1.64. The van der Waals surface area contributed by atoms with Crippen molar-refractivity contribution in [1.29, 1.82) is 0 Å². The van der Waals surface area contributed by atoms with Crippen LogP contribution in [0.5, 0.6) is 5.75 Å². The number of halogens is 1. The molecule has 0 radical (unpaired) electrons. The average molecular weight is 358 g/mol. The van der Waals surface area contributed by atoms with E-state index in [0.29, 0.717) is 23.4 Å². The third-order valence-electron chi connectivity index (χ3n) is 4.15. The maximum Gasteiger partial charge on any atom is 0.420 e. The molecule has 1 amide bonds. The van der Waals surface area contributed by atoms with Gasteiger partial charge in [0.05, 0.1) is 12.1 Å². The Morgan fingerprint density at radius 1 is 1.23 bits per heavy atom. The average Bonchev–Trinajstić information content (AvgIpc) is 2.97. The number of hydrogen-bond donors (Lipinski definition) is 0. The predicted octanol–water partition coefficient (Wildman–Crippen LogP) is 2.83. The number of fused-ring (bicyclic) bond motifs is 1. The van der Waals surface area contributed by atoms with Crippen molar-refractivity contribution in [1.82, 2.24) is 9.47 Å².